The third kappa shape index (κ3) is 4.25. The lowest BCUT2D eigenvalue weighted by Gasteiger charge is -2.10. The zero-order valence-electron chi connectivity index (χ0n) is 11.8. The highest BCUT2D eigenvalue weighted by molar-refractivity contribution is 5.99. The number of carbonyl (C=O) groups is 1. The third-order valence-electron chi connectivity index (χ3n) is 2.80. The third-order valence-corrected chi connectivity index (χ3v) is 2.80. The molecule has 2 rings (SSSR count). The van der Waals surface area contributed by atoms with Gasteiger partial charge in [-0.05, 0) is 24.3 Å². The Bertz CT molecular complexity index is 772. The number of benzene rings is 1. The first-order valence-electron chi connectivity index (χ1n) is 6.32. The quantitative estimate of drug-likeness (QED) is 0.810. The van der Waals surface area contributed by atoms with Crippen LogP contribution in [0.1, 0.15) is 5.56 Å². The van der Waals surface area contributed by atoms with Crippen LogP contribution in [0.3, 0.4) is 0 Å². The lowest BCUT2D eigenvalue weighted by molar-refractivity contribution is -0.137. The first-order chi connectivity index (χ1) is 10.8. The van der Waals surface area contributed by atoms with E-state index >= 15 is 0 Å². The molecule has 0 aliphatic rings. The number of urea groups is 1. The Morgan fingerprint density at radius 1 is 1.17 bits per heavy atom. The molecule has 0 aliphatic heterocycles. The smallest absolute Gasteiger partial charge is 0.416 e. The second-order valence-electron chi connectivity index (χ2n) is 4.43. The summed E-state index contributed by atoms with van der Waals surface area (Å²) in [5, 5.41) is 4.46. The predicted molar refractivity (Wildman–Crippen MR) is 77.7 cm³/mol. The van der Waals surface area contributed by atoms with Gasteiger partial charge in [-0.2, -0.15) is 13.2 Å². The summed E-state index contributed by atoms with van der Waals surface area (Å²) in [6.45, 7) is 0. The highest BCUT2D eigenvalue weighted by Gasteiger charge is 2.30. The number of aromatic amines is 1. The van der Waals surface area contributed by atoms with Gasteiger partial charge in [-0.25, -0.2) is 4.79 Å². The zero-order chi connectivity index (χ0) is 17.0. The summed E-state index contributed by atoms with van der Waals surface area (Å²) in [5.41, 5.74) is -1.63. The monoisotopic (exact) mass is 327 g/mol. The van der Waals surface area contributed by atoms with E-state index in [1.807, 2.05) is 0 Å². The molecular weight excluding hydrogens is 315 g/mol. The van der Waals surface area contributed by atoms with Crippen molar-refractivity contribution in [1.29, 1.82) is 0 Å². The number of H-pyrrole nitrogens is 1. The van der Waals surface area contributed by atoms with Crippen LogP contribution in [-0.2, 0) is 6.18 Å². The van der Waals surface area contributed by atoms with Crippen LogP contribution in [0, 0.1) is 0 Å². The SMILES string of the molecule is COc1ccc(NC(=O)Nc2cccc(C(F)(F)F)c2)c(=O)[nH]1. The Morgan fingerprint density at radius 3 is 2.52 bits per heavy atom. The van der Waals surface area contributed by atoms with Crippen LogP contribution in [0.4, 0.5) is 29.3 Å². The number of ether oxygens (including phenoxy) is 1. The molecule has 0 radical (unpaired) electrons. The number of alkyl halides is 3. The lowest BCUT2D eigenvalue weighted by Crippen LogP contribution is -2.24. The Hall–Kier alpha value is -2.97. The Labute approximate surface area is 128 Å². The van der Waals surface area contributed by atoms with Crippen molar-refractivity contribution < 1.29 is 22.7 Å². The van der Waals surface area contributed by atoms with E-state index in [9.17, 15) is 22.8 Å². The molecule has 23 heavy (non-hydrogen) atoms. The molecular formula is C14H12F3N3O3. The topological polar surface area (TPSA) is 83.2 Å². The van der Waals surface area contributed by atoms with Gasteiger partial charge in [-0.1, -0.05) is 6.07 Å². The number of hydrogen-bond donors (Lipinski definition) is 3. The van der Waals surface area contributed by atoms with Crippen molar-refractivity contribution >= 4 is 17.4 Å². The predicted octanol–water partition coefficient (Wildman–Crippen LogP) is 3.05. The van der Waals surface area contributed by atoms with E-state index in [1.54, 1.807) is 0 Å². The van der Waals surface area contributed by atoms with Gasteiger partial charge in [0.05, 0.1) is 12.7 Å². The fraction of sp³-hybridized carbons (Fsp3) is 0.143. The molecule has 3 N–H and O–H groups in total. The second-order valence-corrected chi connectivity index (χ2v) is 4.43. The lowest BCUT2D eigenvalue weighted by atomic mass is 10.2. The van der Waals surface area contributed by atoms with Crippen LogP contribution in [0.5, 0.6) is 5.88 Å². The van der Waals surface area contributed by atoms with Crippen LogP contribution in [0.15, 0.2) is 41.2 Å². The van der Waals surface area contributed by atoms with E-state index in [0.717, 1.165) is 12.1 Å². The van der Waals surface area contributed by atoms with Crippen LogP contribution < -0.4 is 20.9 Å². The van der Waals surface area contributed by atoms with E-state index < -0.39 is 23.3 Å². The molecule has 2 aromatic rings. The number of halogens is 3. The van der Waals surface area contributed by atoms with E-state index in [2.05, 4.69) is 15.6 Å². The average Bonchev–Trinajstić information content (AvgIpc) is 2.48. The van der Waals surface area contributed by atoms with E-state index in [4.69, 9.17) is 4.74 Å². The normalized spacial score (nSPS) is 11.0. The second kappa shape index (κ2) is 6.42. The van der Waals surface area contributed by atoms with Gasteiger partial charge in [0.25, 0.3) is 5.56 Å². The molecule has 0 unspecified atom stereocenters. The molecule has 0 aliphatic carbocycles. The number of amides is 2. The summed E-state index contributed by atoms with van der Waals surface area (Å²) in [4.78, 5) is 25.8. The number of carbonyl (C=O) groups excluding carboxylic acids is 1. The van der Waals surface area contributed by atoms with Crippen molar-refractivity contribution in [2.75, 3.05) is 17.7 Å². The number of methoxy groups -OCH3 is 1. The number of hydrogen-bond acceptors (Lipinski definition) is 3. The maximum absolute atomic E-state index is 12.6. The molecule has 0 fully saturated rings. The average molecular weight is 327 g/mol. The Balaban J connectivity index is 2.10. The van der Waals surface area contributed by atoms with Gasteiger partial charge in [0, 0.05) is 11.8 Å². The van der Waals surface area contributed by atoms with Crippen molar-refractivity contribution in [3.63, 3.8) is 0 Å². The van der Waals surface area contributed by atoms with Gasteiger partial charge in [0.15, 0.2) is 5.88 Å². The summed E-state index contributed by atoms with van der Waals surface area (Å²) in [6.07, 6.45) is -4.51. The molecule has 1 heterocycles. The highest BCUT2D eigenvalue weighted by atomic mass is 19.4. The largest absolute Gasteiger partial charge is 0.482 e. The molecule has 122 valence electrons. The van der Waals surface area contributed by atoms with Gasteiger partial charge in [0.2, 0.25) is 0 Å². The molecule has 2 amide bonds. The van der Waals surface area contributed by atoms with Gasteiger partial charge in [-0.3, -0.25) is 9.78 Å². The fourth-order valence-corrected chi connectivity index (χ4v) is 1.73. The Kier molecular flexibility index (Phi) is 4.58. The first kappa shape index (κ1) is 16.4. The van der Waals surface area contributed by atoms with E-state index in [-0.39, 0.29) is 17.3 Å². The molecule has 0 saturated heterocycles. The van der Waals surface area contributed by atoms with Crippen molar-refractivity contribution in [1.82, 2.24) is 4.98 Å². The highest BCUT2D eigenvalue weighted by Crippen LogP contribution is 2.30. The fourth-order valence-electron chi connectivity index (χ4n) is 1.73. The summed E-state index contributed by atoms with van der Waals surface area (Å²) in [6, 6.07) is 6.02. The van der Waals surface area contributed by atoms with E-state index in [1.165, 1.54) is 31.4 Å². The first-order valence-corrected chi connectivity index (χ1v) is 6.32. The standard InChI is InChI=1S/C14H12F3N3O3/c1-23-11-6-5-10(12(21)20-11)19-13(22)18-9-4-2-3-8(7-9)14(15,16)17/h2-7H,1H3,(H,20,21)(H2,18,19,22). The van der Waals surface area contributed by atoms with Gasteiger partial charge in [-0.15, -0.1) is 0 Å². The van der Waals surface area contributed by atoms with Crippen LogP contribution in [0.25, 0.3) is 0 Å². The number of rotatable bonds is 3. The minimum Gasteiger partial charge on any atom is -0.482 e. The maximum Gasteiger partial charge on any atom is 0.416 e. The van der Waals surface area contributed by atoms with Crippen molar-refractivity contribution in [2.45, 2.75) is 6.18 Å². The van der Waals surface area contributed by atoms with Crippen molar-refractivity contribution in [3.05, 3.63) is 52.3 Å². The van der Waals surface area contributed by atoms with Crippen LogP contribution in [0.2, 0.25) is 0 Å². The molecule has 6 nitrogen and oxygen atoms in total. The summed E-state index contributed by atoms with van der Waals surface area (Å²) in [7, 11) is 1.36. The van der Waals surface area contributed by atoms with Crippen LogP contribution in [-0.4, -0.2) is 18.1 Å². The minimum atomic E-state index is -4.51. The molecule has 0 spiro atoms. The van der Waals surface area contributed by atoms with Gasteiger partial charge >= 0.3 is 12.2 Å². The van der Waals surface area contributed by atoms with Crippen LogP contribution >= 0.6 is 0 Å². The van der Waals surface area contributed by atoms with E-state index in [0.29, 0.717) is 0 Å². The summed E-state index contributed by atoms with van der Waals surface area (Å²) in [5.74, 6) is 0.207. The molecule has 0 atom stereocenters. The number of nitrogens with one attached hydrogen (secondary N) is 3. The molecule has 1 aromatic carbocycles. The zero-order valence-corrected chi connectivity index (χ0v) is 11.8. The number of anilines is 2. The minimum absolute atomic E-state index is 0.0535. The Morgan fingerprint density at radius 2 is 1.91 bits per heavy atom. The summed E-state index contributed by atoms with van der Waals surface area (Å²) >= 11 is 0. The van der Waals surface area contributed by atoms with Crippen molar-refractivity contribution in [3.8, 4) is 5.88 Å². The molecule has 1 aromatic heterocycles. The summed E-state index contributed by atoms with van der Waals surface area (Å²) < 4.78 is 42.6. The molecule has 0 saturated carbocycles. The van der Waals surface area contributed by atoms with Crippen molar-refractivity contribution in [2.24, 2.45) is 0 Å². The number of pyridine rings is 1. The van der Waals surface area contributed by atoms with Gasteiger partial charge in [0.1, 0.15) is 5.69 Å². The molecule has 9 heteroatoms. The maximum atomic E-state index is 12.6. The van der Waals surface area contributed by atoms with Gasteiger partial charge < -0.3 is 15.4 Å². The molecule has 0 bridgehead atoms. The number of aromatic nitrogens is 1.